The van der Waals surface area contributed by atoms with Gasteiger partial charge in [0.1, 0.15) is 0 Å². The molecule has 1 N–H and O–H groups in total. The van der Waals surface area contributed by atoms with Gasteiger partial charge in [0.2, 0.25) is 0 Å². The Hall–Kier alpha value is -0.340. The first-order valence-corrected chi connectivity index (χ1v) is 6.63. The third-order valence-corrected chi connectivity index (χ3v) is 4.66. The van der Waals surface area contributed by atoms with Gasteiger partial charge in [0, 0.05) is 23.4 Å². The fourth-order valence-electron chi connectivity index (χ4n) is 2.97. The highest BCUT2D eigenvalue weighted by molar-refractivity contribution is 7.10. The molecule has 0 aromatic carbocycles. The molecule has 76 valence electrons. The molecule has 1 fully saturated rings. The van der Waals surface area contributed by atoms with Crippen molar-refractivity contribution in [2.75, 3.05) is 0 Å². The molecule has 0 bridgehead atoms. The number of hydrogen-bond donors (Lipinski definition) is 1. The second kappa shape index (κ2) is 3.67. The fourth-order valence-corrected chi connectivity index (χ4v) is 3.87. The van der Waals surface area contributed by atoms with Crippen molar-refractivity contribution in [1.82, 2.24) is 5.32 Å². The van der Waals surface area contributed by atoms with Gasteiger partial charge in [-0.1, -0.05) is 19.3 Å². The molecule has 2 heterocycles. The zero-order valence-electron chi connectivity index (χ0n) is 8.46. The van der Waals surface area contributed by atoms with Gasteiger partial charge in [-0.2, -0.15) is 0 Å². The first kappa shape index (κ1) is 8.93. The first-order chi connectivity index (χ1) is 6.95. The lowest BCUT2D eigenvalue weighted by Gasteiger charge is -2.31. The normalized spacial score (nSPS) is 31.7. The maximum Gasteiger partial charge on any atom is 0.0305 e. The third-order valence-electron chi connectivity index (χ3n) is 3.72. The molecule has 1 nitrogen and oxygen atoms in total. The molecule has 0 amide bonds. The van der Waals surface area contributed by atoms with Crippen molar-refractivity contribution < 1.29 is 0 Å². The van der Waals surface area contributed by atoms with Gasteiger partial charge in [0.25, 0.3) is 0 Å². The monoisotopic (exact) mass is 207 g/mol. The average molecular weight is 207 g/mol. The van der Waals surface area contributed by atoms with E-state index in [1.807, 2.05) is 11.3 Å². The van der Waals surface area contributed by atoms with Gasteiger partial charge >= 0.3 is 0 Å². The van der Waals surface area contributed by atoms with Crippen LogP contribution in [-0.2, 0) is 6.54 Å². The zero-order valence-corrected chi connectivity index (χ0v) is 9.28. The van der Waals surface area contributed by atoms with E-state index in [1.165, 1.54) is 32.1 Å². The quantitative estimate of drug-likeness (QED) is 0.688. The summed E-state index contributed by atoms with van der Waals surface area (Å²) in [5.41, 5.74) is 1.67. The summed E-state index contributed by atoms with van der Waals surface area (Å²) in [6, 6.07) is 3.14. The molecular formula is C12H17NS. The van der Waals surface area contributed by atoms with E-state index in [0.29, 0.717) is 0 Å². The molecule has 0 saturated heterocycles. The molecule has 1 aliphatic carbocycles. The van der Waals surface area contributed by atoms with Crippen LogP contribution >= 0.6 is 11.3 Å². The summed E-state index contributed by atoms with van der Waals surface area (Å²) >= 11 is 1.93. The van der Waals surface area contributed by atoms with Crippen molar-refractivity contribution in [3.8, 4) is 0 Å². The van der Waals surface area contributed by atoms with Crippen LogP contribution in [0.3, 0.4) is 0 Å². The molecule has 3 rings (SSSR count). The van der Waals surface area contributed by atoms with Gasteiger partial charge in [-0.15, -0.1) is 11.3 Å². The summed E-state index contributed by atoms with van der Waals surface area (Å²) in [5.74, 6) is 0.826. The van der Waals surface area contributed by atoms with Crippen LogP contribution in [0.5, 0.6) is 0 Å². The van der Waals surface area contributed by atoms with Gasteiger partial charge in [-0.05, 0) is 29.9 Å². The Morgan fingerprint density at radius 1 is 1.21 bits per heavy atom. The minimum atomic E-state index is 0.777. The summed E-state index contributed by atoms with van der Waals surface area (Å²) < 4.78 is 0. The summed E-state index contributed by atoms with van der Waals surface area (Å²) in [4.78, 5) is 1.59. The fraction of sp³-hybridized carbons (Fsp3) is 0.667. The highest BCUT2D eigenvalue weighted by Gasteiger charge is 2.30. The molecule has 2 aliphatic rings. The average Bonchev–Trinajstić information content (AvgIpc) is 2.55. The zero-order chi connectivity index (χ0) is 9.38. The molecule has 0 radical (unpaired) electrons. The third kappa shape index (κ3) is 1.41. The Balaban J connectivity index is 1.93. The van der Waals surface area contributed by atoms with Gasteiger partial charge in [0.05, 0.1) is 0 Å². The van der Waals surface area contributed by atoms with Crippen LogP contribution in [0, 0.1) is 0 Å². The number of thiophene rings is 1. The molecule has 2 unspecified atom stereocenters. The molecule has 1 aromatic heterocycles. The maximum atomic E-state index is 3.71. The summed E-state index contributed by atoms with van der Waals surface area (Å²) in [6.07, 6.45) is 7.08. The Morgan fingerprint density at radius 2 is 2.14 bits per heavy atom. The van der Waals surface area contributed by atoms with E-state index in [2.05, 4.69) is 16.8 Å². The van der Waals surface area contributed by atoms with Crippen LogP contribution < -0.4 is 5.32 Å². The van der Waals surface area contributed by atoms with Crippen LogP contribution in [0.4, 0.5) is 0 Å². The molecule has 1 saturated carbocycles. The predicted octanol–water partition coefficient (Wildman–Crippen LogP) is 3.27. The minimum absolute atomic E-state index is 0.777. The second-order valence-electron chi connectivity index (χ2n) is 4.53. The Labute approximate surface area is 89.5 Å². The van der Waals surface area contributed by atoms with Crippen LogP contribution in [0.1, 0.15) is 48.5 Å². The van der Waals surface area contributed by atoms with Gasteiger partial charge in [-0.25, -0.2) is 0 Å². The number of fused-ring (bicyclic) bond motifs is 3. The second-order valence-corrected chi connectivity index (χ2v) is 5.53. The summed E-state index contributed by atoms with van der Waals surface area (Å²) in [5, 5.41) is 5.98. The van der Waals surface area contributed by atoms with Crippen molar-refractivity contribution in [1.29, 1.82) is 0 Å². The van der Waals surface area contributed by atoms with Crippen LogP contribution in [-0.4, -0.2) is 6.04 Å². The Morgan fingerprint density at radius 3 is 3.14 bits per heavy atom. The van der Waals surface area contributed by atoms with Crippen molar-refractivity contribution in [3.05, 3.63) is 21.9 Å². The van der Waals surface area contributed by atoms with Crippen molar-refractivity contribution >= 4 is 11.3 Å². The number of rotatable bonds is 0. The molecule has 14 heavy (non-hydrogen) atoms. The van der Waals surface area contributed by atoms with Crippen LogP contribution in [0.25, 0.3) is 0 Å². The standard InChI is InChI=1S/C12H17NS/c1-2-4-9-10-6-7-14-12(10)8-13-11(9)5-3-1/h6-7,9,11,13H,1-5,8H2. The minimum Gasteiger partial charge on any atom is -0.308 e. The lowest BCUT2D eigenvalue weighted by Crippen LogP contribution is -2.37. The molecule has 2 atom stereocenters. The van der Waals surface area contributed by atoms with Gasteiger partial charge in [-0.3, -0.25) is 0 Å². The van der Waals surface area contributed by atoms with Gasteiger partial charge < -0.3 is 5.32 Å². The van der Waals surface area contributed by atoms with E-state index >= 15 is 0 Å². The summed E-state index contributed by atoms with van der Waals surface area (Å²) in [6.45, 7) is 1.12. The molecule has 0 spiro atoms. The topological polar surface area (TPSA) is 12.0 Å². The summed E-state index contributed by atoms with van der Waals surface area (Å²) in [7, 11) is 0. The van der Waals surface area contributed by atoms with E-state index < -0.39 is 0 Å². The Kier molecular flexibility index (Phi) is 2.34. The smallest absolute Gasteiger partial charge is 0.0305 e. The van der Waals surface area contributed by atoms with E-state index in [9.17, 15) is 0 Å². The van der Waals surface area contributed by atoms with Gasteiger partial charge in [0.15, 0.2) is 0 Å². The SMILES string of the molecule is c1cc2c(s1)CNC1CCCCCC21. The van der Waals surface area contributed by atoms with E-state index in [-0.39, 0.29) is 0 Å². The molecule has 1 aromatic rings. The molecule has 2 heteroatoms. The molecule has 1 aliphatic heterocycles. The van der Waals surface area contributed by atoms with Crippen molar-refractivity contribution in [3.63, 3.8) is 0 Å². The predicted molar refractivity (Wildman–Crippen MR) is 60.8 cm³/mol. The van der Waals surface area contributed by atoms with Crippen LogP contribution in [0.2, 0.25) is 0 Å². The van der Waals surface area contributed by atoms with Crippen molar-refractivity contribution in [2.24, 2.45) is 0 Å². The largest absolute Gasteiger partial charge is 0.308 e. The maximum absolute atomic E-state index is 3.71. The van der Waals surface area contributed by atoms with Crippen molar-refractivity contribution in [2.45, 2.75) is 50.6 Å². The van der Waals surface area contributed by atoms with Crippen LogP contribution in [0.15, 0.2) is 11.4 Å². The number of nitrogens with one attached hydrogen (secondary N) is 1. The number of hydrogen-bond acceptors (Lipinski definition) is 2. The first-order valence-electron chi connectivity index (χ1n) is 5.75. The lowest BCUT2D eigenvalue weighted by molar-refractivity contribution is 0.387. The van der Waals surface area contributed by atoms with E-state index in [4.69, 9.17) is 0 Å². The van der Waals surface area contributed by atoms with E-state index in [0.717, 1.165) is 18.5 Å². The molecular weight excluding hydrogens is 190 g/mol. The highest BCUT2D eigenvalue weighted by atomic mass is 32.1. The van der Waals surface area contributed by atoms with E-state index in [1.54, 1.807) is 10.4 Å². The lowest BCUT2D eigenvalue weighted by atomic mass is 9.85. The Bertz CT molecular complexity index is 318. The highest BCUT2D eigenvalue weighted by Crippen LogP contribution is 2.38.